The van der Waals surface area contributed by atoms with Gasteiger partial charge in [-0.15, -0.1) is 11.6 Å². The number of alkyl halides is 1. The molecule has 0 amide bonds. The summed E-state index contributed by atoms with van der Waals surface area (Å²) in [6.45, 7) is 5.24. The first kappa shape index (κ1) is 14.4. The highest BCUT2D eigenvalue weighted by Gasteiger charge is 2.17. The van der Waals surface area contributed by atoms with E-state index in [2.05, 4.69) is 9.80 Å². The molecule has 0 bridgehead atoms. The molecule has 1 aromatic heterocycles. The lowest BCUT2D eigenvalue weighted by Gasteiger charge is -2.20. The second kappa shape index (κ2) is 6.48. The number of fused-ring (bicyclic) bond motifs is 1. The Kier molecular flexibility index (Phi) is 4.66. The molecular formula is C14H17Cl2N3S. The van der Waals surface area contributed by atoms with Gasteiger partial charge in [-0.3, -0.25) is 0 Å². The SMILES string of the molecule is ClCCN1CCCN(c2nc3ccc(Cl)cc3s2)CC1. The highest BCUT2D eigenvalue weighted by Crippen LogP contribution is 2.31. The monoisotopic (exact) mass is 329 g/mol. The number of aromatic nitrogens is 1. The molecule has 2 heterocycles. The normalized spacial score (nSPS) is 17.6. The summed E-state index contributed by atoms with van der Waals surface area (Å²) >= 11 is 13.6. The molecule has 0 N–H and O–H groups in total. The van der Waals surface area contributed by atoms with Crippen LogP contribution in [0.25, 0.3) is 10.2 Å². The van der Waals surface area contributed by atoms with E-state index in [0.29, 0.717) is 5.88 Å². The quantitative estimate of drug-likeness (QED) is 0.800. The molecule has 0 unspecified atom stereocenters. The molecule has 0 aliphatic carbocycles. The summed E-state index contributed by atoms with van der Waals surface area (Å²) in [5.41, 5.74) is 1.04. The van der Waals surface area contributed by atoms with Crippen LogP contribution in [-0.4, -0.2) is 48.5 Å². The van der Waals surface area contributed by atoms with Gasteiger partial charge in [0, 0.05) is 37.1 Å². The second-order valence-corrected chi connectivity index (χ2v) is 6.80. The van der Waals surface area contributed by atoms with Gasteiger partial charge in [-0.25, -0.2) is 4.98 Å². The standard InChI is InChI=1S/C14H17Cl2N3S/c15-4-7-18-5-1-6-19(9-8-18)14-17-12-3-2-11(16)10-13(12)20-14/h2-3,10H,1,4-9H2. The van der Waals surface area contributed by atoms with Crippen LogP contribution >= 0.6 is 34.5 Å². The first-order chi connectivity index (χ1) is 9.76. The average molecular weight is 330 g/mol. The molecule has 0 spiro atoms. The molecule has 2 aromatic rings. The molecular weight excluding hydrogens is 313 g/mol. The number of rotatable bonds is 3. The van der Waals surface area contributed by atoms with Gasteiger partial charge >= 0.3 is 0 Å². The van der Waals surface area contributed by atoms with Crippen molar-refractivity contribution >= 4 is 49.9 Å². The number of anilines is 1. The number of benzene rings is 1. The Morgan fingerprint density at radius 1 is 1.20 bits per heavy atom. The van der Waals surface area contributed by atoms with Crippen LogP contribution in [0.2, 0.25) is 5.02 Å². The number of thiazole rings is 1. The van der Waals surface area contributed by atoms with Crippen molar-refractivity contribution in [3.63, 3.8) is 0 Å². The van der Waals surface area contributed by atoms with E-state index in [4.69, 9.17) is 28.2 Å². The van der Waals surface area contributed by atoms with Crippen LogP contribution in [0.3, 0.4) is 0 Å². The molecule has 0 saturated carbocycles. The van der Waals surface area contributed by atoms with E-state index < -0.39 is 0 Å². The molecule has 1 saturated heterocycles. The van der Waals surface area contributed by atoms with Crippen LogP contribution in [0.1, 0.15) is 6.42 Å². The lowest BCUT2D eigenvalue weighted by molar-refractivity contribution is 0.311. The predicted octanol–water partition coefficient (Wildman–Crippen LogP) is 3.70. The van der Waals surface area contributed by atoms with E-state index in [1.165, 1.54) is 0 Å². The number of nitrogens with zero attached hydrogens (tertiary/aromatic N) is 3. The Morgan fingerprint density at radius 2 is 2.10 bits per heavy atom. The zero-order valence-electron chi connectivity index (χ0n) is 11.2. The van der Waals surface area contributed by atoms with Crippen molar-refractivity contribution in [2.45, 2.75) is 6.42 Å². The Morgan fingerprint density at radius 3 is 2.95 bits per heavy atom. The summed E-state index contributed by atoms with van der Waals surface area (Å²) in [6.07, 6.45) is 1.16. The zero-order chi connectivity index (χ0) is 13.9. The maximum atomic E-state index is 6.04. The minimum absolute atomic E-state index is 0.708. The summed E-state index contributed by atoms with van der Waals surface area (Å²) in [5, 5.41) is 1.88. The van der Waals surface area contributed by atoms with Crippen molar-refractivity contribution in [3.8, 4) is 0 Å². The number of hydrogen-bond acceptors (Lipinski definition) is 4. The van der Waals surface area contributed by atoms with Crippen molar-refractivity contribution in [3.05, 3.63) is 23.2 Å². The molecule has 6 heteroatoms. The molecule has 1 aliphatic rings. The van der Waals surface area contributed by atoms with Crippen LogP contribution in [0, 0.1) is 0 Å². The third kappa shape index (κ3) is 3.19. The largest absolute Gasteiger partial charge is 0.347 e. The molecule has 1 fully saturated rings. The molecule has 3 rings (SSSR count). The molecule has 20 heavy (non-hydrogen) atoms. The highest BCUT2D eigenvalue weighted by molar-refractivity contribution is 7.22. The third-order valence-electron chi connectivity index (χ3n) is 3.60. The fourth-order valence-corrected chi connectivity index (χ4v) is 4.06. The summed E-state index contributed by atoms with van der Waals surface area (Å²) in [7, 11) is 0. The Labute approximate surface area is 133 Å². The second-order valence-electron chi connectivity index (χ2n) is 4.98. The number of hydrogen-bond donors (Lipinski definition) is 0. The van der Waals surface area contributed by atoms with E-state index in [-0.39, 0.29) is 0 Å². The van der Waals surface area contributed by atoms with Crippen molar-refractivity contribution in [1.82, 2.24) is 9.88 Å². The van der Waals surface area contributed by atoms with Crippen molar-refractivity contribution in [2.75, 3.05) is 43.5 Å². The predicted molar refractivity (Wildman–Crippen MR) is 88.6 cm³/mol. The highest BCUT2D eigenvalue weighted by atomic mass is 35.5. The molecule has 0 radical (unpaired) electrons. The van der Waals surface area contributed by atoms with E-state index in [1.54, 1.807) is 11.3 Å². The minimum atomic E-state index is 0.708. The first-order valence-electron chi connectivity index (χ1n) is 6.85. The lowest BCUT2D eigenvalue weighted by Crippen LogP contribution is -2.31. The molecule has 3 nitrogen and oxygen atoms in total. The van der Waals surface area contributed by atoms with Gasteiger partial charge in [0.15, 0.2) is 5.13 Å². The summed E-state index contributed by atoms with van der Waals surface area (Å²) in [5.74, 6) is 0.708. The molecule has 0 atom stereocenters. The molecule has 1 aliphatic heterocycles. The van der Waals surface area contributed by atoms with Gasteiger partial charge in [-0.2, -0.15) is 0 Å². The fraction of sp³-hybridized carbons (Fsp3) is 0.500. The van der Waals surface area contributed by atoms with Crippen molar-refractivity contribution in [1.29, 1.82) is 0 Å². The van der Waals surface area contributed by atoms with E-state index >= 15 is 0 Å². The maximum absolute atomic E-state index is 6.04. The van der Waals surface area contributed by atoms with Gasteiger partial charge in [-0.05, 0) is 31.2 Å². The van der Waals surface area contributed by atoms with Gasteiger partial charge in [0.2, 0.25) is 0 Å². The van der Waals surface area contributed by atoms with Gasteiger partial charge in [-0.1, -0.05) is 22.9 Å². The Bertz CT molecular complexity index is 587. The van der Waals surface area contributed by atoms with E-state index in [1.807, 2.05) is 18.2 Å². The lowest BCUT2D eigenvalue weighted by atomic mass is 10.3. The third-order valence-corrected chi connectivity index (χ3v) is 5.08. The Hall–Kier alpha value is -0.550. The topological polar surface area (TPSA) is 19.4 Å². The Balaban J connectivity index is 1.77. The van der Waals surface area contributed by atoms with Crippen LogP contribution in [0.4, 0.5) is 5.13 Å². The summed E-state index contributed by atoms with van der Waals surface area (Å²) in [4.78, 5) is 9.54. The fourth-order valence-electron chi connectivity index (χ4n) is 2.53. The number of halogens is 2. The summed E-state index contributed by atoms with van der Waals surface area (Å²) < 4.78 is 1.16. The molecule has 108 valence electrons. The van der Waals surface area contributed by atoms with E-state index in [0.717, 1.165) is 59.5 Å². The molecule has 1 aromatic carbocycles. The van der Waals surface area contributed by atoms with Crippen molar-refractivity contribution < 1.29 is 0 Å². The van der Waals surface area contributed by atoms with Gasteiger partial charge in [0.05, 0.1) is 10.2 Å². The van der Waals surface area contributed by atoms with Crippen LogP contribution < -0.4 is 4.90 Å². The van der Waals surface area contributed by atoms with E-state index in [9.17, 15) is 0 Å². The zero-order valence-corrected chi connectivity index (χ0v) is 13.5. The minimum Gasteiger partial charge on any atom is -0.347 e. The van der Waals surface area contributed by atoms with Gasteiger partial charge in [0.25, 0.3) is 0 Å². The van der Waals surface area contributed by atoms with Crippen LogP contribution in [-0.2, 0) is 0 Å². The van der Waals surface area contributed by atoms with Crippen LogP contribution in [0.15, 0.2) is 18.2 Å². The summed E-state index contributed by atoms with van der Waals surface area (Å²) in [6, 6.07) is 5.89. The maximum Gasteiger partial charge on any atom is 0.186 e. The van der Waals surface area contributed by atoms with Gasteiger partial charge < -0.3 is 9.80 Å². The van der Waals surface area contributed by atoms with Gasteiger partial charge in [0.1, 0.15) is 0 Å². The average Bonchev–Trinajstić information content (AvgIpc) is 2.70. The smallest absolute Gasteiger partial charge is 0.186 e. The van der Waals surface area contributed by atoms with Crippen LogP contribution in [0.5, 0.6) is 0 Å². The first-order valence-corrected chi connectivity index (χ1v) is 8.58. The van der Waals surface area contributed by atoms with Crippen molar-refractivity contribution in [2.24, 2.45) is 0 Å².